The minimum atomic E-state index is -3.05. The molecule has 0 spiro atoms. The van der Waals surface area contributed by atoms with Crippen molar-refractivity contribution in [2.24, 2.45) is 0 Å². The van der Waals surface area contributed by atoms with E-state index in [0.717, 1.165) is 38.4 Å². The van der Waals surface area contributed by atoms with Crippen LogP contribution in [0.25, 0.3) is 44.9 Å². The lowest BCUT2D eigenvalue weighted by Crippen LogP contribution is -2.38. The number of benzene rings is 2. The summed E-state index contributed by atoms with van der Waals surface area (Å²) in [4.78, 5) is 11.3. The fraction of sp³-hybridized carbons (Fsp3) is 0.276. The molecule has 2 aromatic carbocycles. The minimum Gasteiger partial charge on any atom is -0.438 e. The SMILES string of the molecule is O=S1(=O)CC(n2cc(-c3ncnc4oc(-c5cccc(CN6CCOCC6)c5)cc34)c(-c3ccc(F)cc3)n2)C1. The van der Waals surface area contributed by atoms with Crippen LogP contribution in [-0.4, -0.2) is 70.9 Å². The first-order valence-electron chi connectivity index (χ1n) is 13.1. The predicted octanol–water partition coefficient (Wildman–Crippen LogP) is 4.36. The first-order chi connectivity index (χ1) is 19.4. The smallest absolute Gasteiger partial charge is 0.230 e. The second-order valence-corrected chi connectivity index (χ2v) is 12.4. The van der Waals surface area contributed by atoms with E-state index in [1.54, 1.807) is 16.8 Å². The highest BCUT2D eigenvalue weighted by molar-refractivity contribution is 7.92. The summed E-state index contributed by atoms with van der Waals surface area (Å²) in [5.74, 6) is 0.385. The molecule has 0 saturated carbocycles. The Labute approximate surface area is 230 Å². The van der Waals surface area contributed by atoms with Gasteiger partial charge in [-0.05, 0) is 42.0 Å². The molecule has 0 aliphatic carbocycles. The van der Waals surface area contributed by atoms with Gasteiger partial charge >= 0.3 is 0 Å². The number of hydrogen-bond donors (Lipinski definition) is 0. The number of ether oxygens (including phenoxy) is 1. The Morgan fingerprint density at radius 3 is 2.52 bits per heavy atom. The van der Waals surface area contributed by atoms with Crippen molar-refractivity contribution in [1.82, 2.24) is 24.6 Å². The Hall–Kier alpha value is -3.93. The number of nitrogens with zero attached hydrogens (tertiary/aromatic N) is 5. The van der Waals surface area contributed by atoms with Gasteiger partial charge in [-0.3, -0.25) is 9.58 Å². The van der Waals surface area contributed by atoms with Crippen molar-refractivity contribution in [3.05, 3.63) is 78.5 Å². The molecule has 40 heavy (non-hydrogen) atoms. The fourth-order valence-corrected chi connectivity index (χ4v) is 6.70. The summed E-state index contributed by atoms with van der Waals surface area (Å²) in [5.41, 5.74) is 5.13. The lowest BCUT2D eigenvalue weighted by Gasteiger charge is -2.26. The van der Waals surface area contributed by atoms with Gasteiger partial charge in [-0.25, -0.2) is 22.8 Å². The van der Waals surface area contributed by atoms with E-state index in [-0.39, 0.29) is 23.4 Å². The summed E-state index contributed by atoms with van der Waals surface area (Å²) in [6.07, 6.45) is 3.26. The molecule has 0 unspecified atom stereocenters. The van der Waals surface area contributed by atoms with Gasteiger partial charge in [0.25, 0.3) is 0 Å². The molecule has 0 bridgehead atoms. The van der Waals surface area contributed by atoms with Crippen molar-refractivity contribution >= 4 is 20.9 Å². The summed E-state index contributed by atoms with van der Waals surface area (Å²) in [7, 11) is -3.05. The maximum absolute atomic E-state index is 13.7. The summed E-state index contributed by atoms with van der Waals surface area (Å²) in [6.45, 7) is 4.14. The number of morpholine rings is 1. The third-order valence-corrected chi connectivity index (χ3v) is 9.21. The van der Waals surface area contributed by atoms with Gasteiger partial charge in [-0.15, -0.1) is 0 Å². The average Bonchev–Trinajstić information content (AvgIpc) is 3.58. The number of rotatable bonds is 6. The molecule has 2 aliphatic rings. The summed E-state index contributed by atoms with van der Waals surface area (Å²) < 4.78 is 50.8. The highest BCUT2D eigenvalue weighted by atomic mass is 32.2. The number of aromatic nitrogens is 4. The third-order valence-electron chi connectivity index (χ3n) is 7.42. The molecule has 11 heteroatoms. The van der Waals surface area contributed by atoms with Crippen LogP contribution in [0.15, 0.2) is 71.5 Å². The highest BCUT2D eigenvalue weighted by Gasteiger charge is 2.36. The van der Waals surface area contributed by atoms with E-state index >= 15 is 0 Å². The van der Waals surface area contributed by atoms with Crippen LogP contribution in [0, 0.1) is 5.82 Å². The van der Waals surface area contributed by atoms with Gasteiger partial charge in [-0.2, -0.15) is 5.10 Å². The second-order valence-electron chi connectivity index (χ2n) is 10.2. The van der Waals surface area contributed by atoms with Crippen LogP contribution in [-0.2, 0) is 21.1 Å². The summed E-state index contributed by atoms with van der Waals surface area (Å²) in [5, 5.41) is 5.45. The molecule has 3 aromatic heterocycles. The van der Waals surface area contributed by atoms with Gasteiger partial charge in [-0.1, -0.05) is 18.2 Å². The van der Waals surface area contributed by atoms with E-state index in [2.05, 4.69) is 27.0 Å². The Bertz CT molecular complexity index is 1800. The van der Waals surface area contributed by atoms with Gasteiger partial charge in [0.05, 0.1) is 41.8 Å². The van der Waals surface area contributed by atoms with Crippen molar-refractivity contribution in [2.45, 2.75) is 12.6 Å². The Balaban J connectivity index is 1.28. The number of halogens is 1. The molecule has 2 fully saturated rings. The quantitative estimate of drug-likeness (QED) is 0.302. The summed E-state index contributed by atoms with van der Waals surface area (Å²) >= 11 is 0. The molecule has 5 aromatic rings. The number of hydrogen-bond acceptors (Lipinski definition) is 8. The number of furan rings is 1. The molecule has 9 nitrogen and oxygen atoms in total. The van der Waals surface area contributed by atoms with Crippen molar-refractivity contribution in [3.8, 4) is 33.8 Å². The standard InChI is InChI=1S/C29H26FN5O4S/c30-22-6-4-20(5-7-22)27-25(15-35(33-27)23-16-40(36,37)17-23)28-24-13-26(39-29(24)32-18-31-28)21-3-1-2-19(12-21)14-34-8-10-38-11-9-34/h1-7,12-13,15,18,23H,8-11,14,16-17H2. The zero-order valence-corrected chi connectivity index (χ0v) is 22.3. The van der Waals surface area contributed by atoms with E-state index in [9.17, 15) is 12.8 Å². The van der Waals surface area contributed by atoms with Gasteiger partial charge in [0.15, 0.2) is 9.84 Å². The average molecular weight is 560 g/mol. The van der Waals surface area contributed by atoms with Crippen molar-refractivity contribution in [1.29, 1.82) is 0 Å². The minimum absolute atomic E-state index is 0.0345. The van der Waals surface area contributed by atoms with Crippen molar-refractivity contribution < 1.29 is 22.0 Å². The van der Waals surface area contributed by atoms with E-state index in [1.807, 2.05) is 24.4 Å². The van der Waals surface area contributed by atoms with Gasteiger partial charge in [0, 0.05) is 42.5 Å². The molecular weight excluding hydrogens is 533 g/mol. The van der Waals surface area contributed by atoms with E-state index in [1.165, 1.54) is 24.0 Å². The maximum Gasteiger partial charge on any atom is 0.230 e. The molecular formula is C29H26FN5O4S. The molecule has 0 N–H and O–H groups in total. The summed E-state index contributed by atoms with van der Waals surface area (Å²) in [6, 6.07) is 16.0. The first kappa shape index (κ1) is 25.1. The van der Waals surface area contributed by atoms with Crippen molar-refractivity contribution in [3.63, 3.8) is 0 Å². The van der Waals surface area contributed by atoms with Crippen LogP contribution in [0.5, 0.6) is 0 Å². The molecule has 0 radical (unpaired) electrons. The Kier molecular flexibility index (Phi) is 6.21. The zero-order chi connectivity index (χ0) is 27.3. The largest absolute Gasteiger partial charge is 0.438 e. The monoisotopic (exact) mass is 559 g/mol. The lowest BCUT2D eigenvalue weighted by molar-refractivity contribution is 0.0342. The Morgan fingerprint density at radius 1 is 0.950 bits per heavy atom. The van der Waals surface area contributed by atoms with Gasteiger partial charge in [0.1, 0.15) is 23.6 Å². The number of sulfone groups is 1. The van der Waals surface area contributed by atoms with Crippen LogP contribution < -0.4 is 0 Å². The maximum atomic E-state index is 13.7. The van der Waals surface area contributed by atoms with Crippen molar-refractivity contribution in [2.75, 3.05) is 37.8 Å². The topological polar surface area (TPSA) is 103 Å². The zero-order valence-electron chi connectivity index (χ0n) is 21.5. The molecule has 7 rings (SSSR count). The molecule has 5 heterocycles. The predicted molar refractivity (Wildman–Crippen MR) is 148 cm³/mol. The highest BCUT2D eigenvalue weighted by Crippen LogP contribution is 2.38. The van der Waals surface area contributed by atoms with Crippen LogP contribution in [0.4, 0.5) is 4.39 Å². The first-order valence-corrected chi connectivity index (χ1v) is 14.9. The molecule has 2 saturated heterocycles. The third kappa shape index (κ3) is 4.80. The lowest BCUT2D eigenvalue weighted by atomic mass is 10.0. The van der Waals surface area contributed by atoms with Crippen LogP contribution >= 0.6 is 0 Å². The molecule has 0 amide bonds. The van der Waals surface area contributed by atoms with E-state index < -0.39 is 9.84 Å². The van der Waals surface area contributed by atoms with Crippen LogP contribution in [0.2, 0.25) is 0 Å². The molecule has 0 atom stereocenters. The van der Waals surface area contributed by atoms with Crippen LogP contribution in [0.3, 0.4) is 0 Å². The molecule has 2 aliphatic heterocycles. The Morgan fingerprint density at radius 2 is 1.75 bits per heavy atom. The normalized spacial score (nSPS) is 17.7. The number of fused-ring (bicyclic) bond motifs is 1. The second kappa shape index (κ2) is 9.92. The van der Waals surface area contributed by atoms with Gasteiger partial charge < -0.3 is 9.15 Å². The van der Waals surface area contributed by atoms with E-state index in [0.29, 0.717) is 39.4 Å². The van der Waals surface area contributed by atoms with Gasteiger partial charge in [0.2, 0.25) is 5.71 Å². The molecule has 204 valence electrons. The fourth-order valence-electron chi connectivity index (χ4n) is 5.32. The van der Waals surface area contributed by atoms with Crippen LogP contribution in [0.1, 0.15) is 11.6 Å². The van der Waals surface area contributed by atoms with E-state index in [4.69, 9.17) is 14.3 Å².